The van der Waals surface area contributed by atoms with Crippen molar-refractivity contribution < 1.29 is 18.5 Å². The lowest BCUT2D eigenvalue weighted by Crippen LogP contribution is -2.18. The van der Waals surface area contributed by atoms with Crippen LogP contribution >= 0.6 is 15.9 Å². The van der Waals surface area contributed by atoms with E-state index in [0.29, 0.717) is 6.07 Å². The number of hydrogen-bond acceptors (Lipinski definition) is 4. The molecule has 1 atom stereocenters. The van der Waals surface area contributed by atoms with E-state index in [4.69, 9.17) is 0 Å². The molecule has 1 aromatic heterocycles. The van der Waals surface area contributed by atoms with Crippen LogP contribution in [0.2, 0.25) is 0 Å². The smallest absolute Gasteiger partial charge is 0.358 e. The van der Waals surface area contributed by atoms with Gasteiger partial charge in [-0.3, -0.25) is 4.79 Å². The first kappa shape index (κ1) is 15.2. The number of ketones is 1. The maximum atomic E-state index is 13.6. The molecule has 0 saturated heterocycles. The summed E-state index contributed by atoms with van der Waals surface area (Å²) in [6.07, 6.45) is 1.25. The van der Waals surface area contributed by atoms with Crippen molar-refractivity contribution in [3.8, 4) is 0 Å². The fourth-order valence-electron chi connectivity index (χ4n) is 1.72. The Morgan fingerprint density at radius 2 is 2.14 bits per heavy atom. The first-order chi connectivity index (χ1) is 9.81. The van der Waals surface area contributed by atoms with Crippen molar-refractivity contribution in [1.82, 2.24) is 9.78 Å². The average Bonchev–Trinajstić information content (AvgIpc) is 2.79. The number of carbonyl (C=O) groups is 1. The molecule has 2 rings (SSSR count). The summed E-state index contributed by atoms with van der Waals surface area (Å²) in [6.45, 7) is 1.41. The fourth-order valence-corrected chi connectivity index (χ4v) is 2.15. The third-order valence-electron chi connectivity index (χ3n) is 2.82. The zero-order valence-electron chi connectivity index (χ0n) is 10.6. The highest BCUT2D eigenvalue weighted by Crippen LogP contribution is 2.25. The summed E-state index contributed by atoms with van der Waals surface area (Å²) < 4.78 is 27.6. The lowest BCUT2D eigenvalue weighted by atomic mass is 10.1. The van der Waals surface area contributed by atoms with Gasteiger partial charge in [-0.2, -0.15) is 4.68 Å². The maximum absolute atomic E-state index is 13.6. The molecule has 0 aliphatic rings. The quantitative estimate of drug-likeness (QED) is 0.476. The molecule has 1 aromatic carbocycles. The Bertz CT molecular complexity index is 733. The Hall–Kier alpha value is -2.16. The zero-order chi connectivity index (χ0) is 15.7. The zero-order valence-corrected chi connectivity index (χ0v) is 12.2. The molecule has 1 heterocycles. The predicted octanol–water partition coefficient (Wildman–Crippen LogP) is 3.28. The highest BCUT2D eigenvalue weighted by atomic mass is 79.9. The van der Waals surface area contributed by atoms with Gasteiger partial charge in [0.05, 0.1) is 16.9 Å². The normalized spacial score (nSPS) is 12.2. The number of benzene rings is 1. The first-order valence-electron chi connectivity index (χ1n) is 5.69. The number of nitrogens with zero attached hydrogens (tertiary/aromatic N) is 3. The van der Waals surface area contributed by atoms with Gasteiger partial charge in [0, 0.05) is 6.07 Å². The van der Waals surface area contributed by atoms with Gasteiger partial charge in [-0.05, 0) is 39.9 Å². The number of rotatable bonds is 4. The van der Waals surface area contributed by atoms with E-state index < -0.39 is 34.2 Å². The number of carbonyl (C=O) groups excluding carboxylic acids is 1. The van der Waals surface area contributed by atoms with Gasteiger partial charge in [-0.15, -0.1) is 0 Å². The number of aromatic nitrogens is 2. The second kappa shape index (κ2) is 5.68. The van der Waals surface area contributed by atoms with Crippen LogP contribution in [0.15, 0.2) is 28.9 Å². The van der Waals surface area contributed by atoms with Crippen molar-refractivity contribution in [2.45, 2.75) is 13.0 Å². The van der Waals surface area contributed by atoms with Crippen LogP contribution < -0.4 is 0 Å². The Labute approximate surface area is 125 Å². The van der Waals surface area contributed by atoms with Gasteiger partial charge in [0.15, 0.2) is 5.78 Å². The van der Waals surface area contributed by atoms with E-state index >= 15 is 0 Å². The molecule has 0 bridgehead atoms. The third kappa shape index (κ3) is 2.97. The summed E-state index contributed by atoms with van der Waals surface area (Å²) in [4.78, 5) is 22.1. The molecule has 2 aromatic rings. The minimum absolute atomic E-state index is 0.103. The van der Waals surface area contributed by atoms with Crippen molar-refractivity contribution in [2.75, 3.05) is 0 Å². The van der Waals surface area contributed by atoms with Crippen LogP contribution in [0, 0.1) is 21.7 Å². The standard InChI is InChI=1S/C12H8BrF2N3O3/c1-6(17-5-9(13)12(16-17)18(20)21)11(19)8-3-2-7(14)4-10(8)15/h2-6H,1H3. The van der Waals surface area contributed by atoms with E-state index in [1.165, 1.54) is 13.1 Å². The van der Waals surface area contributed by atoms with Gasteiger partial charge in [-0.25, -0.2) is 8.78 Å². The average molecular weight is 360 g/mol. The topological polar surface area (TPSA) is 78.0 Å². The molecule has 0 N–H and O–H groups in total. The van der Waals surface area contributed by atoms with E-state index in [9.17, 15) is 23.7 Å². The van der Waals surface area contributed by atoms with Crippen molar-refractivity contribution in [3.05, 3.63) is 56.2 Å². The molecule has 6 nitrogen and oxygen atoms in total. The molecule has 0 spiro atoms. The number of hydrogen-bond donors (Lipinski definition) is 0. The van der Waals surface area contributed by atoms with Gasteiger partial charge in [0.1, 0.15) is 22.1 Å². The molecular weight excluding hydrogens is 352 g/mol. The van der Waals surface area contributed by atoms with E-state index in [-0.39, 0.29) is 10.0 Å². The second-order valence-corrected chi connectivity index (χ2v) is 5.06. The van der Waals surface area contributed by atoms with Gasteiger partial charge >= 0.3 is 5.82 Å². The molecule has 9 heteroatoms. The van der Waals surface area contributed by atoms with Gasteiger partial charge in [-0.1, -0.05) is 0 Å². The molecule has 0 fully saturated rings. The second-order valence-electron chi connectivity index (χ2n) is 4.20. The summed E-state index contributed by atoms with van der Waals surface area (Å²) in [7, 11) is 0. The molecular formula is C12H8BrF2N3O3. The van der Waals surface area contributed by atoms with Crippen LogP contribution in [-0.2, 0) is 0 Å². The lowest BCUT2D eigenvalue weighted by Gasteiger charge is -2.08. The van der Waals surface area contributed by atoms with Crippen molar-refractivity contribution in [3.63, 3.8) is 0 Å². The molecule has 0 radical (unpaired) electrons. The van der Waals surface area contributed by atoms with Crippen LogP contribution in [-0.4, -0.2) is 20.5 Å². The summed E-state index contributed by atoms with van der Waals surface area (Å²) in [5, 5.41) is 14.4. The minimum Gasteiger partial charge on any atom is -0.358 e. The molecule has 0 aliphatic carbocycles. The predicted molar refractivity (Wildman–Crippen MR) is 72.0 cm³/mol. The van der Waals surface area contributed by atoms with Gasteiger partial charge < -0.3 is 10.1 Å². The van der Waals surface area contributed by atoms with Crippen molar-refractivity contribution >= 4 is 27.5 Å². The number of nitro groups is 1. The molecule has 0 amide bonds. The van der Waals surface area contributed by atoms with Crippen LogP contribution in [0.5, 0.6) is 0 Å². The SMILES string of the molecule is CC(C(=O)c1ccc(F)cc1F)n1cc(Br)c([N+](=O)[O-])n1. The highest BCUT2D eigenvalue weighted by Gasteiger charge is 2.27. The fraction of sp³-hybridized carbons (Fsp3) is 0.167. The molecule has 0 aliphatic heterocycles. The minimum atomic E-state index is -0.993. The number of halogens is 3. The largest absolute Gasteiger partial charge is 0.404 e. The van der Waals surface area contributed by atoms with Crippen molar-refractivity contribution in [2.24, 2.45) is 0 Å². The van der Waals surface area contributed by atoms with Crippen LogP contribution in [0.25, 0.3) is 0 Å². The summed E-state index contributed by atoms with van der Waals surface area (Å²) in [6, 6.07) is 1.61. The Balaban J connectivity index is 2.35. The van der Waals surface area contributed by atoms with Crippen molar-refractivity contribution in [1.29, 1.82) is 0 Å². The Morgan fingerprint density at radius 3 is 2.67 bits per heavy atom. The maximum Gasteiger partial charge on any atom is 0.404 e. The molecule has 110 valence electrons. The van der Waals surface area contributed by atoms with E-state index in [1.807, 2.05) is 0 Å². The molecule has 21 heavy (non-hydrogen) atoms. The summed E-state index contributed by atoms with van der Waals surface area (Å²) in [5.41, 5.74) is -0.307. The van der Waals surface area contributed by atoms with E-state index in [2.05, 4.69) is 21.0 Å². The van der Waals surface area contributed by atoms with E-state index in [1.54, 1.807) is 0 Å². The van der Waals surface area contributed by atoms with Gasteiger partial charge in [0.2, 0.25) is 0 Å². The summed E-state index contributed by atoms with van der Waals surface area (Å²) >= 11 is 2.96. The Morgan fingerprint density at radius 1 is 1.48 bits per heavy atom. The van der Waals surface area contributed by atoms with E-state index in [0.717, 1.165) is 16.8 Å². The third-order valence-corrected chi connectivity index (χ3v) is 3.37. The molecule has 1 unspecified atom stereocenters. The van der Waals surface area contributed by atoms with Crippen LogP contribution in [0.3, 0.4) is 0 Å². The van der Waals surface area contributed by atoms with Gasteiger partial charge in [0.25, 0.3) is 0 Å². The van der Waals surface area contributed by atoms with Crippen LogP contribution in [0.4, 0.5) is 14.6 Å². The number of Topliss-reactive ketones (excluding diaryl/α,β-unsaturated/α-hetero) is 1. The Kier molecular flexibility index (Phi) is 4.12. The monoisotopic (exact) mass is 359 g/mol. The summed E-state index contributed by atoms with van der Waals surface area (Å²) in [5.74, 6) is -2.91. The lowest BCUT2D eigenvalue weighted by molar-refractivity contribution is -0.390. The highest BCUT2D eigenvalue weighted by molar-refractivity contribution is 9.10. The molecule has 0 saturated carbocycles. The first-order valence-corrected chi connectivity index (χ1v) is 6.49. The van der Waals surface area contributed by atoms with Crippen LogP contribution in [0.1, 0.15) is 23.3 Å².